The van der Waals surface area contributed by atoms with Crippen LogP contribution in [0.5, 0.6) is 0 Å². The van der Waals surface area contributed by atoms with Gasteiger partial charge in [0.05, 0.1) is 22.3 Å². The molecule has 0 bridgehead atoms. The van der Waals surface area contributed by atoms with Crippen LogP contribution in [0.15, 0.2) is 48.5 Å². The van der Waals surface area contributed by atoms with E-state index >= 15 is 0 Å². The van der Waals surface area contributed by atoms with E-state index in [9.17, 15) is 19.2 Å². The van der Waals surface area contributed by atoms with Gasteiger partial charge in [-0.05, 0) is 48.5 Å². The summed E-state index contributed by atoms with van der Waals surface area (Å²) in [5.41, 5.74) is 0.475. The monoisotopic (exact) mass is 404 g/mol. The highest BCUT2D eigenvalue weighted by atomic mass is 16.7. The summed E-state index contributed by atoms with van der Waals surface area (Å²) in [6.45, 7) is -2.17. The van der Waals surface area contributed by atoms with E-state index in [4.69, 9.17) is 19.7 Å². The molecular formula is C19H16O10. The molecule has 0 heterocycles. The van der Waals surface area contributed by atoms with Gasteiger partial charge in [-0.3, -0.25) is 0 Å². The van der Waals surface area contributed by atoms with Gasteiger partial charge in [-0.25, -0.2) is 19.2 Å². The Hall–Kier alpha value is -3.76. The summed E-state index contributed by atoms with van der Waals surface area (Å²) < 4.78 is 18.4. The van der Waals surface area contributed by atoms with Crippen LogP contribution in [0.4, 0.5) is 0 Å². The molecule has 2 aromatic rings. The molecule has 0 aromatic heterocycles. The third-order valence-electron chi connectivity index (χ3n) is 3.48. The third-order valence-corrected chi connectivity index (χ3v) is 3.48. The van der Waals surface area contributed by atoms with Gasteiger partial charge in [-0.15, -0.1) is 0 Å². The first-order chi connectivity index (χ1) is 14.0. The summed E-state index contributed by atoms with van der Waals surface area (Å²) >= 11 is 0. The molecule has 0 aliphatic carbocycles. The van der Waals surface area contributed by atoms with E-state index < -0.39 is 44.3 Å². The Bertz CT molecular complexity index is 797. The Morgan fingerprint density at radius 3 is 1.00 bits per heavy atom. The van der Waals surface area contributed by atoms with Crippen LogP contribution in [-0.2, 0) is 18.9 Å². The van der Waals surface area contributed by atoms with E-state index in [-0.39, 0.29) is 22.3 Å². The summed E-state index contributed by atoms with van der Waals surface area (Å²) in [5, 5.41) is 17.1. The highest BCUT2D eigenvalue weighted by molar-refractivity contribution is 5.94. The van der Waals surface area contributed by atoms with Crippen molar-refractivity contribution in [3.8, 4) is 0 Å². The van der Waals surface area contributed by atoms with Crippen molar-refractivity contribution in [2.24, 2.45) is 0 Å². The van der Waals surface area contributed by atoms with Crippen LogP contribution in [0.25, 0.3) is 0 Å². The van der Waals surface area contributed by atoms with Crippen molar-refractivity contribution in [3.63, 3.8) is 0 Å². The molecule has 0 saturated carbocycles. The average Bonchev–Trinajstić information content (AvgIpc) is 2.74. The minimum absolute atomic E-state index is 0.105. The number of benzene rings is 2. The maximum atomic E-state index is 11.9. The SMILES string of the molecule is O=C(OCO)c1ccc(C(=O)OCOC(=O)c2ccc(C(=O)OCO)cc2)cc1. The Kier molecular flexibility index (Phi) is 7.83. The number of ether oxygens (including phenoxy) is 4. The standard InChI is InChI=1S/C19H16O10/c20-9-26-16(22)12-1-5-14(6-2-12)18(24)28-11-29-19(25)15-7-3-13(4-8-15)17(23)27-10-21/h1-8,20-21H,9-11H2. The predicted octanol–water partition coefficient (Wildman–Crippen LogP) is 0.871. The van der Waals surface area contributed by atoms with E-state index in [0.717, 1.165) is 0 Å². The first kappa shape index (κ1) is 21.5. The fourth-order valence-corrected chi connectivity index (χ4v) is 2.07. The number of carbonyl (C=O) groups excluding carboxylic acids is 4. The molecular weight excluding hydrogens is 388 g/mol. The molecule has 152 valence electrons. The Morgan fingerprint density at radius 2 is 0.759 bits per heavy atom. The summed E-state index contributed by atoms with van der Waals surface area (Å²) in [7, 11) is 0. The number of rotatable bonds is 8. The lowest BCUT2D eigenvalue weighted by atomic mass is 10.1. The first-order valence-corrected chi connectivity index (χ1v) is 8.06. The molecule has 0 saturated heterocycles. The molecule has 2 N–H and O–H groups in total. The molecule has 0 spiro atoms. The minimum atomic E-state index is -0.790. The van der Waals surface area contributed by atoms with Crippen molar-refractivity contribution < 1.29 is 48.3 Å². The molecule has 0 aliphatic rings. The number of carbonyl (C=O) groups is 4. The molecule has 0 unspecified atom stereocenters. The molecule has 2 aromatic carbocycles. The fourth-order valence-electron chi connectivity index (χ4n) is 2.07. The van der Waals surface area contributed by atoms with Gasteiger partial charge in [0, 0.05) is 0 Å². The van der Waals surface area contributed by atoms with Crippen LogP contribution in [0.3, 0.4) is 0 Å². The second-order valence-corrected chi connectivity index (χ2v) is 5.26. The lowest BCUT2D eigenvalue weighted by molar-refractivity contribution is -0.0169. The normalized spacial score (nSPS) is 10.0. The number of hydrogen-bond acceptors (Lipinski definition) is 10. The van der Waals surface area contributed by atoms with Crippen LogP contribution in [0.2, 0.25) is 0 Å². The smallest absolute Gasteiger partial charge is 0.340 e. The van der Waals surface area contributed by atoms with Crippen molar-refractivity contribution in [1.82, 2.24) is 0 Å². The van der Waals surface area contributed by atoms with Gasteiger partial charge in [0.25, 0.3) is 0 Å². The quantitative estimate of drug-likeness (QED) is 0.369. The molecule has 0 atom stereocenters. The van der Waals surface area contributed by atoms with Crippen LogP contribution in [0, 0.1) is 0 Å². The van der Waals surface area contributed by atoms with Crippen molar-refractivity contribution >= 4 is 23.9 Å². The summed E-state index contributed by atoms with van der Waals surface area (Å²) in [6.07, 6.45) is 0. The van der Waals surface area contributed by atoms with E-state index in [1.54, 1.807) is 0 Å². The molecule has 0 aliphatic heterocycles. The highest BCUT2D eigenvalue weighted by Crippen LogP contribution is 2.09. The Labute approximate surface area is 164 Å². The van der Waals surface area contributed by atoms with Crippen LogP contribution >= 0.6 is 0 Å². The van der Waals surface area contributed by atoms with E-state index in [1.807, 2.05) is 0 Å². The van der Waals surface area contributed by atoms with Gasteiger partial charge in [0.15, 0.2) is 13.6 Å². The second-order valence-electron chi connectivity index (χ2n) is 5.26. The zero-order valence-electron chi connectivity index (χ0n) is 14.9. The van der Waals surface area contributed by atoms with Crippen molar-refractivity contribution in [1.29, 1.82) is 0 Å². The summed E-state index contributed by atoms with van der Waals surface area (Å²) in [4.78, 5) is 46.6. The third kappa shape index (κ3) is 6.13. The van der Waals surface area contributed by atoms with Crippen molar-refractivity contribution in [2.45, 2.75) is 0 Å². The number of esters is 4. The Balaban J connectivity index is 1.84. The van der Waals surface area contributed by atoms with Crippen molar-refractivity contribution in [2.75, 3.05) is 20.4 Å². The summed E-state index contributed by atoms with van der Waals surface area (Å²) in [6, 6.07) is 10.5. The molecule has 29 heavy (non-hydrogen) atoms. The average molecular weight is 404 g/mol. The number of hydrogen-bond donors (Lipinski definition) is 2. The lowest BCUT2D eigenvalue weighted by Crippen LogP contribution is -2.14. The van der Waals surface area contributed by atoms with Gasteiger partial charge >= 0.3 is 23.9 Å². The number of aliphatic hydroxyl groups is 2. The first-order valence-electron chi connectivity index (χ1n) is 8.06. The zero-order chi connectivity index (χ0) is 21.2. The molecule has 0 radical (unpaired) electrons. The van der Waals surface area contributed by atoms with E-state index in [1.165, 1.54) is 48.5 Å². The van der Waals surface area contributed by atoms with Gasteiger partial charge < -0.3 is 29.2 Å². The van der Waals surface area contributed by atoms with Crippen LogP contribution < -0.4 is 0 Å². The van der Waals surface area contributed by atoms with Gasteiger partial charge in [-0.1, -0.05) is 0 Å². The largest absolute Gasteiger partial charge is 0.435 e. The van der Waals surface area contributed by atoms with Gasteiger partial charge in [0.1, 0.15) is 0 Å². The van der Waals surface area contributed by atoms with Crippen molar-refractivity contribution in [3.05, 3.63) is 70.8 Å². The van der Waals surface area contributed by atoms with E-state index in [2.05, 4.69) is 9.47 Å². The zero-order valence-corrected chi connectivity index (χ0v) is 14.9. The van der Waals surface area contributed by atoms with Crippen LogP contribution in [0.1, 0.15) is 41.4 Å². The highest BCUT2D eigenvalue weighted by Gasteiger charge is 2.13. The lowest BCUT2D eigenvalue weighted by Gasteiger charge is -2.07. The summed E-state index contributed by atoms with van der Waals surface area (Å²) in [5.74, 6) is -3.09. The molecule has 0 amide bonds. The van der Waals surface area contributed by atoms with E-state index in [0.29, 0.717) is 0 Å². The molecule has 10 heteroatoms. The van der Waals surface area contributed by atoms with Gasteiger partial charge in [-0.2, -0.15) is 0 Å². The fraction of sp³-hybridized carbons (Fsp3) is 0.158. The van der Waals surface area contributed by atoms with Crippen LogP contribution in [-0.4, -0.2) is 54.5 Å². The maximum Gasteiger partial charge on any atom is 0.340 e. The number of aliphatic hydroxyl groups excluding tert-OH is 2. The molecule has 2 rings (SSSR count). The predicted molar refractivity (Wildman–Crippen MR) is 93.6 cm³/mol. The van der Waals surface area contributed by atoms with Gasteiger partial charge in [0.2, 0.25) is 6.79 Å². The Morgan fingerprint density at radius 1 is 0.517 bits per heavy atom. The molecule has 0 fully saturated rings. The molecule has 10 nitrogen and oxygen atoms in total. The minimum Gasteiger partial charge on any atom is -0.435 e. The maximum absolute atomic E-state index is 11.9. The topological polar surface area (TPSA) is 146 Å². The second kappa shape index (κ2) is 10.5.